The molecule has 3 rings (SSSR count). The molecule has 7 heteroatoms. The first-order valence-corrected chi connectivity index (χ1v) is 7.32. The van der Waals surface area contributed by atoms with E-state index in [0.29, 0.717) is 18.9 Å². The van der Waals surface area contributed by atoms with Gasteiger partial charge in [-0.05, 0) is 19.1 Å². The fraction of sp³-hybridized carbons (Fsp3) is 0.400. The van der Waals surface area contributed by atoms with Crippen molar-refractivity contribution >= 4 is 11.8 Å². The zero-order chi connectivity index (χ0) is 15.4. The quantitative estimate of drug-likeness (QED) is 0.934. The number of amides is 2. The van der Waals surface area contributed by atoms with E-state index in [2.05, 4.69) is 20.4 Å². The van der Waals surface area contributed by atoms with Crippen LogP contribution >= 0.6 is 0 Å². The average Bonchev–Trinajstić information content (AvgIpc) is 2.94. The van der Waals surface area contributed by atoms with Crippen molar-refractivity contribution in [3.8, 4) is 0 Å². The van der Waals surface area contributed by atoms with Gasteiger partial charge in [-0.1, -0.05) is 11.2 Å². The number of rotatable bonds is 3. The molecule has 0 unspecified atom stereocenters. The van der Waals surface area contributed by atoms with Crippen LogP contribution in [0.3, 0.4) is 0 Å². The molecule has 0 aromatic carbocycles. The van der Waals surface area contributed by atoms with E-state index >= 15 is 0 Å². The minimum Gasteiger partial charge on any atom is -0.361 e. The monoisotopic (exact) mass is 301 g/mol. The van der Waals surface area contributed by atoms with Crippen LogP contribution in [0.2, 0.25) is 0 Å². The fourth-order valence-corrected chi connectivity index (χ4v) is 2.46. The highest BCUT2D eigenvalue weighted by Gasteiger charge is 2.22. The molecule has 22 heavy (non-hydrogen) atoms. The molecule has 0 atom stereocenters. The van der Waals surface area contributed by atoms with Crippen LogP contribution < -0.4 is 5.32 Å². The van der Waals surface area contributed by atoms with Crippen molar-refractivity contribution in [2.75, 3.05) is 31.5 Å². The Morgan fingerprint density at radius 1 is 1.32 bits per heavy atom. The summed E-state index contributed by atoms with van der Waals surface area (Å²) in [4.78, 5) is 20.3. The van der Waals surface area contributed by atoms with Gasteiger partial charge in [0.05, 0.1) is 5.69 Å². The van der Waals surface area contributed by atoms with Crippen molar-refractivity contribution in [1.82, 2.24) is 19.9 Å². The lowest BCUT2D eigenvalue weighted by molar-refractivity contribution is 0.141. The van der Waals surface area contributed by atoms with Crippen molar-refractivity contribution in [3.05, 3.63) is 41.9 Å². The van der Waals surface area contributed by atoms with Crippen LogP contribution in [0.5, 0.6) is 0 Å². The number of nitrogens with one attached hydrogen (secondary N) is 1. The number of hydrogen-bond acceptors (Lipinski definition) is 5. The van der Waals surface area contributed by atoms with E-state index in [9.17, 15) is 4.79 Å². The Morgan fingerprint density at radius 2 is 2.14 bits per heavy atom. The van der Waals surface area contributed by atoms with Crippen LogP contribution in [0.15, 0.2) is 35.0 Å². The van der Waals surface area contributed by atoms with Gasteiger partial charge in [-0.3, -0.25) is 10.2 Å². The highest BCUT2D eigenvalue weighted by atomic mass is 16.5. The van der Waals surface area contributed by atoms with Crippen LogP contribution in [-0.4, -0.2) is 52.2 Å². The van der Waals surface area contributed by atoms with Gasteiger partial charge in [0.15, 0.2) is 0 Å². The lowest BCUT2D eigenvalue weighted by Crippen LogP contribution is -2.49. The number of urea groups is 1. The van der Waals surface area contributed by atoms with E-state index in [-0.39, 0.29) is 6.03 Å². The molecule has 0 aliphatic carbocycles. The minimum absolute atomic E-state index is 0.101. The van der Waals surface area contributed by atoms with Gasteiger partial charge in [0.2, 0.25) is 0 Å². The molecule has 0 spiro atoms. The third-order valence-corrected chi connectivity index (χ3v) is 3.62. The summed E-state index contributed by atoms with van der Waals surface area (Å²) in [6.45, 7) is 5.66. The molecular formula is C15H19N5O2. The number of aromatic nitrogens is 2. The van der Waals surface area contributed by atoms with Crippen molar-refractivity contribution in [2.45, 2.75) is 13.5 Å². The summed E-state index contributed by atoms with van der Waals surface area (Å²) in [7, 11) is 0. The SMILES string of the molecule is Cc1cc(CN2CCN(C(=O)Nc3ccccn3)CC2)no1. The van der Waals surface area contributed by atoms with Crippen molar-refractivity contribution in [2.24, 2.45) is 0 Å². The Hall–Kier alpha value is -2.41. The van der Waals surface area contributed by atoms with Gasteiger partial charge in [-0.25, -0.2) is 9.78 Å². The average molecular weight is 301 g/mol. The van der Waals surface area contributed by atoms with Crippen LogP contribution in [0, 0.1) is 6.92 Å². The maximum Gasteiger partial charge on any atom is 0.323 e. The molecule has 3 heterocycles. The number of piperazine rings is 1. The normalized spacial score (nSPS) is 15.8. The summed E-state index contributed by atoms with van der Waals surface area (Å²) >= 11 is 0. The summed E-state index contributed by atoms with van der Waals surface area (Å²) in [5, 5.41) is 6.81. The first-order valence-electron chi connectivity index (χ1n) is 7.32. The van der Waals surface area contributed by atoms with Gasteiger partial charge in [0.25, 0.3) is 0 Å². The summed E-state index contributed by atoms with van der Waals surface area (Å²) in [6.07, 6.45) is 1.66. The maximum atomic E-state index is 12.2. The van der Waals surface area contributed by atoms with E-state index in [4.69, 9.17) is 4.52 Å². The summed E-state index contributed by atoms with van der Waals surface area (Å²) < 4.78 is 5.07. The second-order valence-electron chi connectivity index (χ2n) is 5.34. The van der Waals surface area contributed by atoms with Crippen molar-refractivity contribution in [3.63, 3.8) is 0 Å². The molecule has 1 aliphatic rings. The van der Waals surface area contributed by atoms with Gasteiger partial charge < -0.3 is 9.42 Å². The number of aryl methyl sites for hydroxylation is 1. The second-order valence-corrected chi connectivity index (χ2v) is 5.34. The van der Waals surface area contributed by atoms with Gasteiger partial charge in [-0.15, -0.1) is 0 Å². The Kier molecular flexibility index (Phi) is 4.34. The topological polar surface area (TPSA) is 74.5 Å². The van der Waals surface area contributed by atoms with Gasteiger partial charge in [0.1, 0.15) is 11.6 Å². The fourth-order valence-electron chi connectivity index (χ4n) is 2.46. The van der Waals surface area contributed by atoms with E-state index in [1.54, 1.807) is 17.2 Å². The van der Waals surface area contributed by atoms with Crippen LogP contribution in [-0.2, 0) is 6.54 Å². The van der Waals surface area contributed by atoms with Gasteiger partial charge in [-0.2, -0.15) is 0 Å². The van der Waals surface area contributed by atoms with Crippen LogP contribution in [0.4, 0.5) is 10.6 Å². The summed E-state index contributed by atoms with van der Waals surface area (Å²) in [6, 6.07) is 7.29. The van der Waals surface area contributed by atoms with E-state index < -0.39 is 0 Å². The van der Waals surface area contributed by atoms with Gasteiger partial charge >= 0.3 is 6.03 Å². The largest absolute Gasteiger partial charge is 0.361 e. The highest BCUT2D eigenvalue weighted by Crippen LogP contribution is 2.10. The molecular weight excluding hydrogens is 282 g/mol. The molecule has 2 aromatic heterocycles. The molecule has 1 saturated heterocycles. The smallest absolute Gasteiger partial charge is 0.323 e. The minimum atomic E-state index is -0.101. The molecule has 1 fully saturated rings. The standard InChI is InChI=1S/C15H19N5O2/c1-12-10-13(18-22-12)11-19-6-8-20(9-7-19)15(21)17-14-4-2-3-5-16-14/h2-5,10H,6-9,11H2,1H3,(H,16,17,21). The molecule has 116 valence electrons. The van der Waals surface area contributed by atoms with Crippen LogP contribution in [0.1, 0.15) is 11.5 Å². The third-order valence-electron chi connectivity index (χ3n) is 3.62. The molecule has 2 aromatic rings. The predicted octanol–water partition coefficient (Wildman–Crippen LogP) is 1.73. The molecule has 0 radical (unpaired) electrons. The van der Waals surface area contributed by atoms with E-state index in [1.807, 2.05) is 25.1 Å². The molecule has 0 bridgehead atoms. The highest BCUT2D eigenvalue weighted by molar-refractivity contribution is 5.88. The molecule has 0 saturated carbocycles. The first kappa shape index (κ1) is 14.5. The number of carbonyl (C=O) groups excluding carboxylic acids is 1. The Bertz CT molecular complexity index is 620. The van der Waals surface area contributed by atoms with Crippen LogP contribution in [0.25, 0.3) is 0 Å². The maximum absolute atomic E-state index is 12.2. The van der Waals surface area contributed by atoms with E-state index in [1.165, 1.54) is 0 Å². The number of nitrogens with zero attached hydrogens (tertiary/aromatic N) is 4. The Balaban J connectivity index is 1.48. The number of pyridine rings is 1. The lowest BCUT2D eigenvalue weighted by Gasteiger charge is -2.34. The number of hydrogen-bond donors (Lipinski definition) is 1. The number of carbonyl (C=O) groups is 1. The molecule has 7 nitrogen and oxygen atoms in total. The Morgan fingerprint density at radius 3 is 2.77 bits per heavy atom. The molecule has 1 aliphatic heterocycles. The van der Waals surface area contributed by atoms with Crippen molar-refractivity contribution < 1.29 is 9.32 Å². The molecule has 2 amide bonds. The van der Waals surface area contributed by atoms with Crippen molar-refractivity contribution in [1.29, 1.82) is 0 Å². The second kappa shape index (κ2) is 6.57. The molecule has 1 N–H and O–H groups in total. The Labute approximate surface area is 128 Å². The summed E-state index contributed by atoms with van der Waals surface area (Å²) in [5.74, 6) is 1.40. The predicted molar refractivity (Wildman–Crippen MR) is 81.3 cm³/mol. The zero-order valence-electron chi connectivity index (χ0n) is 12.5. The number of anilines is 1. The lowest BCUT2D eigenvalue weighted by atomic mass is 10.3. The third kappa shape index (κ3) is 3.62. The zero-order valence-corrected chi connectivity index (χ0v) is 12.5. The van der Waals surface area contributed by atoms with E-state index in [0.717, 1.165) is 31.1 Å². The summed E-state index contributed by atoms with van der Waals surface area (Å²) in [5.41, 5.74) is 0.934. The van der Waals surface area contributed by atoms with Gasteiger partial charge in [0, 0.05) is 45.0 Å². The first-order chi connectivity index (χ1) is 10.7.